The van der Waals surface area contributed by atoms with E-state index in [0.717, 1.165) is 43.8 Å². The van der Waals surface area contributed by atoms with Crippen molar-refractivity contribution in [2.24, 2.45) is 35.5 Å². The third kappa shape index (κ3) is 4.64. The maximum atomic E-state index is 13.4. The zero-order valence-electron chi connectivity index (χ0n) is 19.3. The lowest BCUT2D eigenvalue weighted by Crippen LogP contribution is -2.55. The Labute approximate surface area is 186 Å². The summed E-state index contributed by atoms with van der Waals surface area (Å²) in [5.41, 5.74) is 0.625. The van der Waals surface area contributed by atoms with Crippen LogP contribution in [0.1, 0.15) is 75.6 Å². The molecule has 0 radical (unpaired) electrons. The van der Waals surface area contributed by atoms with Gasteiger partial charge in [0.2, 0.25) is 5.88 Å². The predicted octanol–water partition coefficient (Wildman–Crippen LogP) is 3.86. The molecule has 172 valence electrons. The number of rotatable bonds is 8. The quantitative estimate of drug-likeness (QED) is 0.660. The number of ether oxygens (including phenoxy) is 1. The van der Waals surface area contributed by atoms with E-state index in [1.54, 1.807) is 6.20 Å². The Morgan fingerprint density at radius 2 is 1.84 bits per heavy atom. The van der Waals surface area contributed by atoms with E-state index in [0.29, 0.717) is 41.8 Å². The third-order valence-corrected chi connectivity index (χ3v) is 8.32. The minimum absolute atomic E-state index is 0.0179. The highest BCUT2D eigenvalue weighted by Gasteiger charge is 2.48. The van der Waals surface area contributed by atoms with Gasteiger partial charge in [-0.05, 0) is 100.0 Å². The highest BCUT2D eigenvalue weighted by atomic mass is 16.5. The van der Waals surface area contributed by atoms with Gasteiger partial charge >= 0.3 is 0 Å². The van der Waals surface area contributed by atoms with E-state index in [-0.39, 0.29) is 5.91 Å². The molecule has 0 atom stereocenters. The number of carbonyl (C=O) groups excluding carboxylic acids is 1. The summed E-state index contributed by atoms with van der Waals surface area (Å²) in [7, 11) is 0. The van der Waals surface area contributed by atoms with Crippen LogP contribution in [0.5, 0.6) is 5.88 Å². The van der Waals surface area contributed by atoms with Crippen LogP contribution < -0.4 is 15.4 Å². The van der Waals surface area contributed by atoms with Crippen LogP contribution in [-0.4, -0.2) is 41.4 Å². The van der Waals surface area contributed by atoms with Crippen LogP contribution in [-0.2, 0) is 6.54 Å². The van der Waals surface area contributed by atoms with Gasteiger partial charge in [-0.25, -0.2) is 4.68 Å². The van der Waals surface area contributed by atoms with Gasteiger partial charge < -0.3 is 15.4 Å². The van der Waals surface area contributed by atoms with Gasteiger partial charge in [-0.3, -0.25) is 4.79 Å². The first-order chi connectivity index (χ1) is 15.1. The van der Waals surface area contributed by atoms with Crippen molar-refractivity contribution in [2.75, 3.05) is 19.7 Å². The first kappa shape index (κ1) is 21.3. The average Bonchev–Trinajstić information content (AvgIpc) is 3.16. The molecule has 2 heterocycles. The number of hydrogen-bond donors (Lipinski definition) is 2. The number of aromatic nitrogens is 2. The molecule has 6 nitrogen and oxygen atoms in total. The molecule has 0 unspecified atom stereocenters. The summed E-state index contributed by atoms with van der Waals surface area (Å²) < 4.78 is 8.11. The SMILES string of the molecule is CC(C)COc1c(C(=O)NC2C3CC4CC(C3)CC2C4)cnn1CCC1CCNCC1. The summed E-state index contributed by atoms with van der Waals surface area (Å²) in [6.45, 7) is 7.94. The molecule has 5 aliphatic rings. The fourth-order valence-electron chi connectivity index (χ4n) is 6.95. The molecule has 0 spiro atoms. The van der Waals surface area contributed by atoms with Gasteiger partial charge in [-0.1, -0.05) is 13.8 Å². The lowest BCUT2D eigenvalue weighted by atomic mass is 9.54. The van der Waals surface area contributed by atoms with Crippen LogP contribution >= 0.6 is 0 Å². The Kier molecular flexibility index (Phi) is 6.27. The number of nitrogens with zero attached hydrogens (tertiary/aromatic N) is 2. The zero-order valence-corrected chi connectivity index (χ0v) is 19.3. The van der Waals surface area contributed by atoms with Gasteiger partial charge in [-0.2, -0.15) is 5.10 Å². The monoisotopic (exact) mass is 428 g/mol. The molecule has 2 N–H and O–H groups in total. The normalized spacial score (nSPS) is 32.5. The number of aryl methyl sites for hydroxylation is 1. The second-order valence-electron chi connectivity index (χ2n) is 11.2. The fourth-order valence-corrected chi connectivity index (χ4v) is 6.95. The molecule has 4 aliphatic carbocycles. The van der Waals surface area contributed by atoms with Crippen molar-refractivity contribution < 1.29 is 9.53 Å². The van der Waals surface area contributed by atoms with Gasteiger partial charge in [0.1, 0.15) is 5.56 Å². The van der Waals surface area contributed by atoms with Gasteiger partial charge in [0.25, 0.3) is 5.91 Å². The van der Waals surface area contributed by atoms with E-state index in [1.165, 1.54) is 44.9 Å². The first-order valence-electron chi connectivity index (χ1n) is 12.8. The Bertz CT molecular complexity index is 740. The molecule has 4 saturated carbocycles. The minimum Gasteiger partial charge on any atom is -0.477 e. The van der Waals surface area contributed by atoms with Crippen molar-refractivity contribution >= 4 is 5.91 Å². The molecule has 1 saturated heterocycles. The third-order valence-electron chi connectivity index (χ3n) is 8.32. The molecule has 1 amide bonds. The molecular weight excluding hydrogens is 388 g/mol. The number of carbonyl (C=O) groups is 1. The highest BCUT2D eigenvalue weighted by Crippen LogP contribution is 2.53. The second kappa shape index (κ2) is 9.13. The largest absolute Gasteiger partial charge is 0.477 e. The molecule has 0 aromatic carbocycles. The Hall–Kier alpha value is -1.56. The molecular formula is C25H40N4O2. The van der Waals surface area contributed by atoms with Crippen LogP contribution in [0.4, 0.5) is 0 Å². The van der Waals surface area contributed by atoms with Crippen molar-refractivity contribution in [3.8, 4) is 5.88 Å². The molecule has 5 fully saturated rings. The van der Waals surface area contributed by atoms with Crippen LogP contribution in [0.15, 0.2) is 6.20 Å². The van der Waals surface area contributed by atoms with Gasteiger partial charge in [0.15, 0.2) is 0 Å². The van der Waals surface area contributed by atoms with E-state index < -0.39 is 0 Å². The summed E-state index contributed by atoms with van der Waals surface area (Å²) >= 11 is 0. The van der Waals surface area contributed by atoms with Crippen LogP contribution in [0, 0.1) is 35.5 Å². The summed E-state index contributed by atoms with van der Waals surface area (Å²) in [5, 5.41) is 11.5. The average molecular weight is 429 g/mol. The van der Waals surface area contributed by atoms with E-state index in [1.807, 2.05) is 4.68 Å². The van der Waals surface area contributed by atoms with Crippen molar-refractivity contribution in [1.82, 2.24) is 20.4 Å². The summed E-state index contributed by atoms with van der Waals surface area (Å²) in [4.78, 5) is 13.4. The summed E-state index contributed by atoms with van der Waals surface area (Å²) in [6.07, 6.45) is 12.0. The number of hydrogen-bond acceptors (Lipinski definition) is 4. The Balaban J connectivity index is 1.27. The molecule has 1 aromatic heterocycles. The van der Waals surface area contributed by atoms with Crippen molar-refractivity contribution in [3.63, 3.8) is 0 Å². The maximum Gasteiger partial charge on any atom is 0.258 e. The molecule has 6 heteroatoms. The minimum atomic E-state index is 0.0179. The number of piperidine rings is 1. The van der Waals surface area contributed by atoms with Crippen LogP contribution in [0.2, 0.25) is 0 Å². The lowest BCUT2D eigenvalue weighted by Gasteiger charge is -2.54. The Morgan fingerprint density at radius 1 is 1.16 bits per heavy atom. The zero-order chi connectivity index (χ0) is 21.4. The van der Waals surface area contributed by atoms with Gasteiger partial charge in [0.05, 0.1) is 12.8 Å². The molecule has 1 aromatic rings. The van der Waals surface area contributed by atoms with E-state index in [9.17, 15) is 4.79 Å². The molecule has 4 bridgehead atoms. The predicted molar refractivity (Wildman–Crippen MR) is 121 cm³/mol. The van der Waals surface area contributed by atoms with Crippen molar-refractivity contribution in [1.29, 1.82) is 0 Å². The molecule has 6 rings (SSSR count). The topological polar surface area (TPSA) is 68.2 Å². The number of nitrogens with one attached hydrogen (secondary N) is 2. The van der Waals surface area contributed by atoms with Crippen LogP contribution in [0.25, 0.3) is 0 Å². The summed E-state index contributed by atoms with van der Waals surface area (Å²) in [5.74, 6) is 5.01. The smallest absolute Gasteiger partial charge is 0.258 e. The van der Waals surface area contributed by atoms with Crippen LogP contribution in [0.3, 0.4) is 0 Å². The molecule has 31 heavy (non-hydrogen) atoms. The van der Waals surface area contributed by atoms with E-state index in [4.69, 9.17) is 4.74 Å². The maximum absolute atomic E-state index is 13.4. The standard InChI is InChI=1S/C25H40N4O2/c1-16(2)15-31-25-22(14-27-29(25)8-5-17-3-6-26-7-4-17)24(30)28-23-20-10-18-9-19(12-20)13-21(23)11-18/h14,16-21,23,26H,3-13,15H2,1-2H3,(H,28,30). The van der Waals surface area contributed by atoms with Crippen molar-refractivity contribution in [3.05, 3.63) is 11.8 Å². The van der Waals surface area contributed by atoms with Gasteiger partial charge in [0, 0.05) is 12.6 Å². The second-order valence-corrected chi connectivity index (χ2v) is 11.2. The van der Waals surface area contributed by atoms with E-state index >= 15 is 0 Å². The lowest BCUT2D eigenvalue weighted by molar-refractivity contribution is -0.0120. The fraction of sp³-hybridized carbons (Fsp3) is 0.840. The first-order valence-corrected chi connectivity index (χ1v) is 12.8. The Morgan fingerprint density at radius 3 is 2.48 bits per heavy atom. The number of amides is 1. The highest BCUT2D eigenvalue weighted by molar-refractivity contribution is 5.96. The van der Waals surface area contributed by atoms with E-state index in [2.05, 4.69) is 29.6 Å². The molecule has 1 aliphatic heterocycles. The summed E-state index contributed by atoms with van der Waals surface area (Å²) in [6, 6.07) is 0.344. The van der Waals surface area contributed by atoms with Gasteiger partial charge in [-0.15, -0.1) is 0 Å². The van der Waals surface area contributed by atoms with Crippen molar-refractivity contribution in [2.45, 2.75) is 77.8 Å².